The number of anilines is 1. The highest BCUT2D eigenvalue weighted by atomic mass is 32.2. The normalized spacial score (nSPS) is 22.7. The van der Waals surface area contributed by atoms with Crippen LogP contribution < -0.4 is 10.6 Å². The van der Waals surface area contributed by atoms with Crippen molar-refractivity contribution in [3.05, 3.63) is 36.5 Å². The van der Waals surface area contributed by atoms with E-state index in [-0.39, 0.29) is 23.3 Å². The van der Waals surface area contributed by atoms with Crippen LogP contribution in [0.1, 0.15) is 19.3 Å². The molecule has 2 aliphatic rings. The topological polar surface area (TPSA) is 105 Å². The third kappa shape index (κ3) is 3.05. The number of fused-ring (bicyclic) bond motifs is 1. The zero-order valence-electron chi connectivity index (χ0n) is 14.1. The summed E-state index contributed by atoms with van der Waals surface area (Å²) in [4.78, 5) is 29.7. The lowest BCUT2D eigenvalue weighted by Crippen LogP contribution is -2.45. The summed E-state index contributed by atoms with van der Waals surface area (Å²) in [5, 5.41) is 6.47. The van der Waals surface area contributed by atoms with Crippen LogP contribution in [-0.4, -0.2) is 42.8 Å². The fraction of sp³-hybridized carbons (Fsp3) is 0.389. The number of nitrogens with zero attached hydrogens (tertiary/aromatic N) is 1. The van der Waals surface area contributed by atoms with Crippen molar-refractivity contribution >= 4 is 38.2 Å². The molecule has 1 atom stereocenters. The lowest BCUT2D eigenvalue weighted by Gasteiger charge is -2.18. The van der Waals surface area contributed by atoms with Crippen LogP contribution in [0, 0.1) is 5.41 Å². The average molecular weight is 373 g/mol. The molecule has 2 heterocycles. The average Bonchev–Trinajstić information content (AvgIpc) is 3.36. The number of carbonyl (C=O) groups excluding carboxylic acids is 2. The monoisotopic (exact) mass is 373 g/mol. The smallest absolute Gasteiger partial charge is 0.240 e. The Kier molecular flexibility index (Phi) is 3.95. The van der Waals surface area contributed by atoms with Gasteiger partial charge in [-0.3, -0.25) is 14.6 Å². The highest BCUT2D eigenvalue weighted by Gasteiger charge is 2.57. The standard InChI is InChI=1S/C18H19N3O4S/c22-16(20-13-6-10-26(24,25)11-13)18(7-8-18)17(23)21-14-5-1-3-12-4-2-9-19-15(12)14/h1-5,9,13H,6-8,10-11H2,(H,20,22)(H,21,23). The fourth-order valence-electron chi connectivity index (χ4n) is 3.36. The first kappa shape index (κ1) is 17.0. The molecular weight excluding hydrogens is 354 g/mol. The molecule has 1 aromatic carbocycles. The van der Waals surface area contributed by atoms with Crippen molar-refractivity contribution in [1.82, 2.24) is 10.3 Å². The van der Waals surface area contributed by atoms with E-state index in [9.17, 15) is 18.0 Å². The second-order valence-electron chi connectivity index (χ2n) is 6.99. The maximum atomic E-state index is 12.8. The first-order valence-electron chi connectivity index (χ1n) is 8.56. The molecule has 0 spiro atoms. The first-order valence-corrected chi connectivity index (χ1v) is 10.4. The van der Waals surface area contributed by atoms with Gasteiger partial charge >= 0.3 is 0 Å². The zero-order chi connectivity index (χ0) is 18.4. The number of para-hydroxylation sites is 1. The zero-order valence-corrected chi connectivity index (χ0v) is 14.9. The molecule has 0 radical (unpaired) electrons. The lowest BCUT2D eigenvalue weighted by molar-refractivity contribution is -0.134. The van der Waals surface area contributed by atoms with Gasteiger partial charge in [0.2, 0.25) is 11.8 Å². The summed E-state index contributed by atoms with van der Waals surface area (Å²) in [5.74, 6) is -0.720. The predicted octanol–water partition coefficient (Wildman–Crippen LogP) is 1.26. The second kappa shape index (κ2) is 6.05. The van der Waals surface area contributed by atoms with Gasteiger partial charge in [0.25, 0.3) is 0 Å². The van der Waals surface area contributed by atoms with E-state index in [4.69, 9.17) is 0 Å². The Hall–Kier alpha value is -2.48. The Bertz CT molecular complexity index is 993. The third-order valence-electron chi connectivity index (χ3n) is 5.07. The molecule has 2 amide bonds. The van der Waals surface area contributed by atoms with E-state index in [0.29, 0.717) is 30.5 Å². The van der Waals surface area contributed by atoms with Crippen molar-refractivity contribution in [2.24, 2.45) is 5.41 Å². The van der Waals surface area contributed by atoms with Crippen LogP contribution in [0.2, 0.25) is 0 Å². The van der Waals surface area contributed by atoms with Crippen LogP contribution in [-0.2, 0) is 19.4 Å². The van der Waals surface area contributed by atoms with Gasteiger partial charge in [-0.25, -0.2) is 8.42 Å². The number of pyridine rings is 1. The van der Waals surface area contributed by atoms with Gasteiger partial charge in [-0.1, -0.05) is 18.2 Å². The van der Waals surface area contributed by atoms with Crippen molar-refractivity contribution in [1.29, 1.82) is 0 Å². The summed E-state index contributed by atoms with van der Waals surface area (Å²) in [5.41, 5.74) is 0.126. The van der Waals surface area contributed by atoms with E-state index in [2.05, 4.69) is 15.6 Å². The fourth-order valence-corrected chi connectivity index (χ4v) is 5.04. The van der Waals surface area contributed by atoms with Gasteiger partial charge < -0.3 is 10.6 Å². The van der Waals surface area contributed by atoms with E-state index in [1.165, 1.54) is 0 Å². The van der Waals surface area contributed by atoms with Crippen LogP contribution >= 0.6 is 0 Å². The molecule has 1 saturated carbocycles. The lowest BCUT2D eigenvalue weighted by atomic mass is 10.0. The van der Waals surface area contributed by atoms with E-state index < -0.39 is 21.3 Å². The number of hydrogen-bond acceptors (Lipinski definition) is 5. The molecule has 1 aliphatic heterocycles. The predicted molar refractivity (Wildman–Crippen MR) is 97.2 cm³/mol. The molecule has 136 valence electrons. The number of carbonyl (C=O) groups is 2. The van der Waals surface area contributed by atoms with Crippen LogP contribution in [0.15, 0.2) is 36.5 Å². The van der Waals surface area contributed by atoms with Gasteiger partial charge in [-0.05, 0) is 31.4 Å². The number of nitrogens with one attached hydrogen (secondary N) is 2. The minimum Gasteiger partial charge on any atom is -0.351 e. The number of rotatable bonds is 4. The Labute approximate surface area is 151 Å². The van der Waals surface area contributed by atoms with Crippen LogP contribution in [0.25, 0.3) is 10.9 Å². The molecule has 26 heavy (non-hydrogen) atoms. The highest BCUT2D eigenvalue weighted by molar-refractivity contribution is 7.91. The van der Waals surface area contributed by atoms with Crippen LogP contribution in [0.4, 0.5) is 5.69 Å². The molecular formula is C18H19N3O4S. The summed E-state index contributed by atoms with van der Waals surface area (Å²) in [6.07, 6.45) is 2.97. The Morgan fingerprint density at radius 2 is 1.88 bits per heavy atom. The molecule has 1 saturated heterocycles. The SMILES string of the molecule is O=C(Nc1cccc2cccnc12)C1(C(=O)NC2CCS(=O)(=O)C2)CC1. The van der Waals surface area contributed by atoms with Gasteiger partial charge in [0.05, 0.1) is 22.7 Å². The summed E-state index contributed by atoms with van der Waals surface area (Å²) in [7, 11) is -3.08. The second-order valence-corrected chi connectivity index (χ2v) is 9.22. The number of sulfone groups is 1. The van der Waals surface area contributed by atoms with Crippen LogP contribution in [0.5, 0.6) is 0 Å². The summed E-state index contributed by atoms with van der Waals surface area (Å²) < 4.78 is 23.1. The molecule has 1 aliphatic carbocycles. The first-order chi connectivity index (χ1) is 12.4. The summed E-state index contributed by atoms with van der Waals surface area (Å²) >= 11 is 0. The quantitative estimate of drug-likeness (QED) is 0.785. The molecule has 2 N–H and O–H groups in total. The van der Waals surface area contributed by atoms with E-state index in [0.717, 1.165) is 5.39 Å². The molecule has 1 aromatic heterocycles. The largest absolute Gasteiger partial charge is 0.351 e. The number of aromatic nitrogens is 1. The van der Waals surface area contributed by atoms with Crippen molar-refractivity contribution in [3.63, 3.8) is 0 Å². The number of hydrogen-bond donors (Lipinski definition) is 2. The molecule has 1 unspecified atom stereocenters. The van der Waals surface area contributed by atoms with Crippen molar-refractivity contribution in [3.8, 4) is 0 Å². The van der Waals surface area contributed by atoms with Gasteiger partial charge in [0.1, 0.15) is 5.41 Å². The van der Waals surface area contributed by atoms with E-state index in [1.54, 1.807) is 12.3 Å². The molecule has 7 nitrogen and oxygen atoms in total. The van der Waals surface area contributed by atoms with Gasteiger partial charge in [0.15, 0.2) is 9.84 Å². The molecule has 2 aromatic rings. The van der Waals surface area contributed by atoms with E-state index in [1.807, 2.05) is 24.3 Å². The molecule has 8 heteroatoms. The highest BCUT2D eigenvalue weighted by Crippen LogP contribution is 2.47. The maximum Gasteiger partial charge on any atom is 0.240 e. The van der Waals surface area contributed by atoms with Crippen molar-refractivity contribution in [2.75, 3.05) is 16.8 Å². The summed E-state index contributed by atoms with van der Waals surface area (Å²) in [6, 6.07) is 8.79. The third-order valence-corrected chi connectivity index (χ3v) is 6.84. The Morgan fingerprint density at radius 1 is 1.12 bits per heavy atom. The van der Waals surface area contributed by atoms with E-state index >= 15 is 0 Å². The summed E-state index contributed by atoms with van der Waals surface area (Å²) in [6.45, 7) is 0. The molecule has 2 fully saturated rings. The maximum absolute atomic E-state index is 12.8. The van der Waals surface area contributed by atoms with Gasteiger partial charge in [-0.15, -0.1) is 0 Å². The molecule has 0 bridgehead atoms. The van der Waals surface area contributed by atoms with Gasteiger partial charge in [-0.2, -0.15) is 0 Å². The van der Waals surface area contributed by atoms with Gasteiger partial charge in [0, 0.05) is 17.6 Å². The number of benzene rings is 1. The van der Waals surface area contributed by atoms with Crippen molar-refractivity contribution < 1.29 is 18.0 Å². The minimum atomic E-state index is -3.08. The molecule has 4 rings (SSSR count). The number of amides is 2. The Morgan fingerprint density at radius 3 is 2.58 bits per heavy atom. The van der Waals surface area contributed by atoms with Crippen molar-refractivity contribution in [2.45, 2.75) is 25.3 Å². The van der Waals surface area contributed by atoms with Crippen LogP contribution in [0.3, 0.4) is 0 Å². The minimum absolute atomic E-state index is 0.0519. The Balaban J connectivity index is 1.49.